The zero-order valence-corrected chi connectivity index (χ0v) is 15.9. The van der Waals surface area contributed by atoms with Crippen LogP contribution in [0.3, 0.4) is 0 Å². The van der Waals surface area contributed by atoms with Gasteiger partial charge in [-0.25, -0.2) is 9.97 Å². The number of amides is 1. The van der Waals surface area contributed by atoms with Crippen LogP contribution in [0.2, 0.25) is 0 Å². The molecule has 0 saturated heterocycles. The van der Waals surface area contributed by atoms with Gasteiger partial charge in [-0.3, -0.25) is 9.52 Å². The van der Waals surface area contributed by atoms with Crippen molar-refractivity contribution >= 4 is 29.5 Å². The molecule has 2 N–H and O–H groups in total. The Morgan fingerprint density at radius 1 is 0.923 bits per heavy atom. The number of hydrogen-bond donors (Lipinski definition) is 2. The van der Waals surface area contributed by atoms with E-state index in [0.29, 0.717) is 11.5 Å². The van der Waals surface area contributed by atoms with Crippen LogP contribution in [0.5, 0.6) is 0 Å². The van der Waals surface area contributed by atoms with Gasteiger partial charge in [0.25, 0.3) is 5.91 Å². The minimum atomic E-state index is -0.119. The number of nitrogens with one attached hydrogen (secondary N) is 2. The van der Waals surface area contributed by atoms with Crippen LogP contribution in [0.25, 0.3) is 0 Å². The first-order valence-electron chi connectivity index (χ1n) is 8.39. The molecule has 3 aromatic rings. The van der Waals surface area contributed by atoms with E-state index in [9.17, 15) is 4.79 Å². The van der Waals surface area contributed by atoms with Crippen LogP contribution in [-0.2, 0) is 0 Å². The molecule has 1 aromatic heterocycles. The summed E-state index contributed by atoms with van der Waals surface area (Å²) in [6.07, 6.45) is 3.36. The normalized spacial score (nSPS) is 9.65. The van der Waals surface area contributed by atoms with E-state index in [4.69, 9.17) is 0 Å². The Balaban J connectivity index is 0.00000117. The van der Waals surface area contributed by atoms with Crippen LogP contribution in [0.15, 0.2) is 71.9 Å². The number of hydrogen-bond acceptors (Lipinski definition) is 5. The molecule has 0 bridgehead atoms. The standard InChI is InChI=1S/C18H16N4OS.C2H6/c1-13-3-5-14(6-4-13)17(23)21-15-7-9-16(10-8-15)24-22-18-19-11-2-12-20-18;1-2/h2-12H,1H3,(H,21,23)(H,19,20,22);1-2H3. The van der Waals surface area contributed by atoms with Gasteiger partial charge in [0.2, 0.25) is 5.95 Å². The molecule has 0 fully saturated rings. The van der Waals surface area contributed by atoms with Crippen molar-refractivity contribution in [3.05, 3.63) is 78.1 Å². The van der Waals surface area contributed by atoms with Gasteiger partial charge in [-0.2, -0.15) is 0 Å². The van der Waals surface area contributed by atoms with Gasteiger partial charge in [-0.1, -0.05) is 31.5 Å². The number of carbonyl (C=O) groups is 1. The van der Waals surface area contributed by atoms with Gasteiger partial charge in [0.1, 0.15) is 0 Å². The third-order valence-corrected chi connectivity index (χ3v) is 4.04. The van der Waals surface area contributed by atoms with Crippen molar-refractivity contribution in [1.82, 2.24) is 9.97 Å². The van der Waals surface area contributed by atoms with Crippen LogP contribution in [0.4, 0.5) is 11.6 Å². The van der Waals surface area contributed by atoms with Crippen molar-refractivity contribution in [2.24, 2.45) is 0 Å². The van der Waals surface area contributed by atoms with E-state index < -0.39 is 0 Å². The molecule has 1 amide bonds. The summed E-state index contributed by atoms with van der Waals surface area (Å²) in [6.45, 7) is 5.99. The number of rotatable bonds is 5. The first-order chi connectivity index (χ1) is 12.7. The number of anilines is 2. The van der Waals surface area contributed by atoms with Gasteiger partial charge >= 0.3 is 0 Å². The lowest BCUT2D eigenvalue weighted by atomic mass is 10.1. The van der Waals surface area contributed by atoms with Crippen LogP contribution in [0, 0.1) is 6.92 Å². The van der Waals surface area contributed by atoms with Crippen LogP contribution >= 0.6 is 11.9 Å². The Labute approximate surface area is 158 Å². The molecular weight excluding hydrogens is 344 g/mol. The fraction of sp³-hybridized carbons (Fsp3) is 0.150. The van der Waals surface area contributed by atoms with E-state index in [2.05, 4.69) is 20.0 Å². The number of carbonyl (C=O) groups excluding carboxylic acids is 1. The van der Waals surface area contributed by atoms with E-state index in [1.54, 1.807) is 18.5 Å². The van der Waals surface area contributed by atoms with Crippen molar-refractivity contribution in [3.8, 4) is 0 Å². The maximum atomic E-state index is 12.2. The number of benzene rings is 2. The molecule has 0 unspecified atom stereocenters. The summed E-state index contributed by atoms with van der Waals surface area (Å²) in [6, 6.07) is 16.8. The average molecular weight is 366 g/mol. The molecule has 0 spiro atoms. The minimum absolute atomic E-state index is 0.119. The van der Waals surface area contributed by atoms with E-state index in [1.165, 1.54) is 11.9 Å². The van der Waals surface area contributed by atoms with E-state index in [-0.39, 0.29) is 5.91 Å². The van der Waals surface area contributed by atoms with E-state index >= 15 is 0 Å². The number of aromatic nitrogens is 2. The monoisotopic (exact) mass is 366 g/mol. The first-order valence-corrected chi connectivity index (χ1v) is 9.20. The highest BCUT2D eigenvalue weighted by Crippen LogP contribution is 2.21. The molecule has 0 aliphatic rings. The molecular formula is C20H22N4OS. The Hall–Kier alpha value is -2.86. The Morgan fingerprint density at radius 2 is 1.54 bits per heavy atom. The highest BCUT2D eigenvalue weighted by atomic mass is 32.2. The Kier molecular flexibility index (Phi) is 7.64. The molecule has 26 heavy (non-hydrogen) atoms. The predicted octanol–water partition coefficient (Wildman–Crippen LogP) is 5.18. The summed E-state index contributed by atoms with van der Waals surface area (Å²) in [4.78, 5) is 21.4. The minimum Gasteiger partial charge on any atom is -0.322 e. The summed E-state index contributed by atoms with van der Waals surface area (Å²) in [5, 5.41) is 2.89. The number of nitrogens with zero attached hydrogens (tertiary/aromatic N) is 2. The zero-order valence-electron chi connectivity index (χ0n) is 15.1. The average Bonchev–Trinajstić information content (AvgIpc) is 2.70. The molecule has 0 atom stereocenters. The van der Waals surface area contributed by atoms with Crippen LogP contribution in [-0.4, -0.2) is 15.9 Å². The molecule has 3 rings (SSSR count). The van der Waals surface area contributed by atoms with E-state index in [0.717, 1.165) is 16.1 Å². The van der Waals surface area contributed by atoms with E-state index in [1.807, 2.05) is 69.3 Å². The molecule has 0 aliphatic carbocycles. The molecule has 5 nitrogen and oxygen atoms in total. The van der Waals surface area contributed by atoms with Gasteiger partial charge < -0.3 is 5.32 Å². The number of aryl methyl sites for hydroxylation is 1. The maximum absolute atomic E-state index is 12.2. The fourth-order valence-corrected chi connectivity index (χ4v) is 2.56. The molecule has 2 aromatic carbocycles. The summed E-state index contributed by atoms with van der Waals surface area (Å²) in [5.41, 5.74) is 2.52. The molecule has 0 aliphatic heterocycles. The molecule has 6 heteroatoms. The second kappa shape index (κ2) is 10.2. The summed E-state index contributed by atoms with van der Waals surface area (Å²) in [5.74, 6) is 0.436. The largest absolute Gasteiger partial charge is 0.322 e. The van der Waals surface area contributed by atoms with Crippen LogP contribution in [0.1, 0.15) is 29.8 Å². The summed E-state index contributed by atoms with van der Waals surface area (Å²) >= 11 is 1.41. The second-order valence-electron chi connectivity index (χ2n) is 5.12. The SMILES string of the molecule is CC.Cc1ccc(C(=O)Nc2ccc(SNc3ncccn3)cc2)cc1. The lowest BCUT2D eigenvalue weighted by molar-refractivity contribution is 0.102. The highest BCUT2D eigenvalue weighted by Gasteiger charge is 2.05. The molecule has 0 saturated carbocycles. The lowest BCUT2D eigenvalue weighted by Crippen LogP contribution is -2.11. The lowest BCUT2D eigenvalue weighted by Gasteiger charge is -2.07. The Morgan fingerprint density at radius 3 is 2.15 bits per heavy atom. The second-order valence-corrected chi connectivity index (χ2v) is 6.00. The highest BCUT2D eigenvalue weighted by molar-refractivity contribution is 8.00. The zero-order chi connectivity index (χ0) is 18.8. The topological polar surface area (TPSA) is 66.9 Å². The van der Waals surface area contributed by atoms with Crippen molar-refractivity contribution in [2.45, 2.75) is 25.7 Å². The quantitative estimate of drug-likeness (QED) is 0.609. The fourth-order valence-electron chi connectivity index (χ4n) is 1.97. The van der Waals surface area contributed by atoms with Crippen molar-refractivity contribution in [1.29, 1.82) is 0 Å². The van der Waals surface area contributed by atoms with Crippen LogP contribution < -0.4 is 10.0 Å². The third-order valence-electron chi connectivity index (χ3n) is 3.25. The van der Waals surface area contributed by atoms with Gasteiger partial charge in [0.15, 0.2) is 0 Å². The third kappa shape index (κ3) is 5.89. The predicted molar refractivity (Wildman–Crippen MR) is 108 cm³/mol. The molecule has 0 radical (unpaired) electrons. The smallest absolute Gasteiger partial charge is 0.255 e. The Bertz CT molecular complexity index is 805. The maximum Gasteiger partial charge on any atom is 0.255 e. The molecule has 1 heterocycles. The van der Waals surface area contributed by atoms with Gasteiger partial charge in [0, 0.05) is 28.5 Å². The van der Waals surface area contributed by atoms with Gasteiger partial charge in [-0.15, -0.1) is 0 Å². The van der Waals surface area contributed by atoms with Gasteiger partial charge in [-0.05, 0) is 61.3 Å². The summed E-state index contributed by atoms with van der Waals surface area (Å²) < 4.78 is 3.06. The molecule has 134 valence electrons. The first kappa shape index (κ1) is 19.5. The van der Waals surface area contributed by atoms with Crippen molar-refractivity contribution in [2.75, 3.05) is 10.0 Å². The summed E-state index contributed by atoms with van der Waals surface area (Å²) in [7, 11) is 0. The van der Waals surface area contributed by atoms with Gasteiger partial charge in [0.05, 0.1) is 0 Å². The van der Waals surface area contributed by atoms with Crippen molar-refractivity contribution in [3.63, 3.8) is 0 Å². The van der Waals surface area contributed by atoms with Crippen molar-refractivity contribution < 1.29 is 4.79 Å².